The number of nitrogens with one attached hydrogen (secondary N) is 1. The fourth-order valence-corrected chi connectivity index (χ4v) is 3.81. The third kappa shape index (κ3) is 6.04. The van der Waals surface area contributed by atoms with Gasteiger partial charge in [-0.2, -0.15) is 8.78 Å². The number of benzene rings is 2. The number of hydrogen-bond donors (Lipinski definition) is 2. The SMILES string of the molecule is COc1ccc([C@@H](C[NH2+]Cc2ccc(OC)c(OC(F)F)c2)[NH+]2CCOCC2)cc1. The van der Waals surface area contributed by atoms with Crippen molar-refractivity contribution < 1.29 is 37.9 Å². The number of hydrogen-bond acceptors (Lipinski definition) is 4. The van der Waals surface area contributed by atoms with E-state index in [0.29, 0.717) is 18.3 Å². The Bertz CT molecular complexity index is 783. The Kier molecular flexibility index (Phi) is 8.24. The molecule has 1 heterocycles. The zero-order valence-electron chi connectivity index (χ0n) is 17.4. The van der Waals surface area contributed by atoms with Gasteiger partial charge < -0.3 is 29.2 Å². The van der Waals surface area contributed by atoms with E-state index in [4.69, 9.17) is 14.2 Å². The summed E-state index contributed by atoms with van der Waals surface area (Å²) in [5, 5.41) is 2.20. The summed E-state index contributed by atoms with van der Waals surface area (Å²) in [4.78, 5) is 1.49. The van der Waals surface area contributed by atoms with E-state index in [9.17, 15) is 8.78 Å². The predicted octanol–water partition coefficient (Wildman–Crippen LogP) is 1.03. The smallest absolute Gasteiger partial charge is 0.387 e. The monoisotopic (exact) mass is 424 g/mol. The fraction of sp³-hybridized carbons (Fsp3) is 0.455. The van der Waals surface area contributed by atoms with Crippen LogP contribution in [0.2, 0.25) is 0 Å². The van der Waals surface area contributed by atoms with Crippen molar-refractivity contribution in [2.75, 3.05) is 47.1 Å². The van der Waals surface area contributed by atoms with E-state index in [1.807, 2.05) is 18.2 Å². The lowest BCUT2D eigenvalue weighted by atomic mass is 10.0. The lowest BCUT2D eigenvalue weighted by Crippen LogP contribution is -3.16. The second-order valence-electron chi connectivity index (χ2n) is 7.19. The number of rotatable bonds is 10. The van der Waals surface area contributed by atoms with Crippen LogP contribution in [0.3, 0.4) is 0 Å². The highest BCUT2D eigenvalue weighted by Crippen LogP contribution is 2.29. The van der Waals surface area contributed by atoms with Gasteiger partial charge in [-0.05, 0) is 42.5 Å². The molecule has 1 saturated heterocycles. The Labute approximate surface area is 175 Å². The molecule has 1 aliphatic heterocycles. The molecule has 3 rings (SSSR count). The standard InChI is InChI=1S/C22H28F2N2O4/c1-27-18-6-4-17(5-7-18)19(26-9-11-29-12-10-26)15-25-14-16-3-8-20(28-2)21(13-16)30-22(23)24/h3-8,13,19,22,25H,9-12,14-15H2,1-2H3/p+2/t19-/m1/s1. The predicted molar refractivity (Wildman–Crippen MR) is 107 cm³/mol. The third-order valence-corrected chi connectivity index (χ3v) is 5.37. The van der Waals surface area contributed by atoms with Crippen molar-refractivity contribution in [2.45, 2.75) is 19.2 Å². The van der Waals surface area contributed by atoms with Crippen molar-refractivity contribution in [3.8, 4) is 17.2 Å². The zero-order chi connectivity index (χ0) is 21.3. The minimum Gasteiger partial charge on any atom is -0.497 e. The molecule has 3 N–H and O–H groups in total. The van der Waals surface area contributed by atoms with Gasteiger partial charge >= 0.3 is 6.61 Å². The summed E-state index contributed by atoms with van der Waals surface area (Å²) >= 11 is 0. The van der Waals surface area contributed by atoms with Crippen molar-refractivity contribution in [2.24, 2.45) is 0 Å². The first-order valence-corrected chi connectivity index (χ1v) is 10.1. The summed E-state index contributed by atoms with van der Waals surface area (Å²) in [6.45, 7) is 2.06. The maximum Gasteiger partial charge on any atom is 0.387 e. The molecule has 1 atom stereocenters. The molecule has 0 bridgehead atoms. The van der Waals surface area contributed by atoms with E-state index >= 15 is 0 Å². The van der Waals surface area contributed by atoms with E-state index in [-0.39, 0.29) is 5.75 Å². The summed E-state index contributed by atoms with van der Waals surface area (Å²) in [6, 6.07) is 13.6. The largest absolute Gasteiger partial charge is 0.497 e. The van der Waals surface area contributed by atoms with Gasteiger partial charge in [0.15, 0.2) is 17.5 Å². The maximum atomic E-state index is 12.7. The molecule has 30 heavy (non-hydrogen) atoms. The van der Waals surface area contributed by atoms with Crippen molar-refractivity contribution >= 4 is 0 Å². The minimum atomic E-state index is -2.89. The van der Waals surface area contributed by atoms with Crippen LogP contribution in [-0.4, -0.2) is 53.7 Å². The summed E-state index contributed by atoms with van der Waals surface area (Å²) in [7, 11) is 3.10. The van der Waals surface area contributed by atoms with Crippen LogP contribution < -0.4 is 24.4 Å². The van der Waals surface area contributed by atoms with Gasteiger partial charge in [-0.25, -0.2) is 0 Å². The first-order chi connectivity index (χ1) is 14.6. The lowest BCUT2D eigenvalue weighted by molar-refractivity contribution is -0.952. The van der Waals surface area contributed by atoms with E-state index in [0.717, 1.165) is 44.2 Å². The van der Waals surface area contributed by atoms with E-state index in [1.54, 1.807) is 19.2 Å². The van der Waals surface area contributed by atoms with Gasteiger partial charge in [-0.1, -0.05) is 0 Å². The van der Waals surface area contributed by atoms with Gasteiger partial charge in [0.1, 0.15) is 31.9 Å². The van der Waals surface area contributed by atoms with E-state index in [2.05, 4.69) is 22.2 Å². The molecule has 0 aromatic heterocycles. The Balaban J connectivity index is 1.67. The number of methoxy groups -OCH3 is 2. The number of alkyl halides is 2. The first-order valence-electron chi connectivity index (χ1n) is 10.1. The van der Waals surface area contributed by atoms with Crippen molar-refractivity contribution in [1.82, 2.24) is 0 Å². The van der Waals surface area contributed by atoms with Crippen LogP contribution in [0.1, 0.15) is 17.2 Å². The van der Waals surface area contributed by atoms with E-state index in [1.165, 1.54) is 17.6 Å². The Morgan fingerprint density at radius 1 is 1.00 bits per heavy atom. The number of quaternary nitrogens is 2. The number of nitrogens with two attached hydrogens (primary N) is 1. The second kappa shape index (κ2) is 11.1. The topological polar surface area (TPSA) is 58.0 Å². The van der Waals surface area contributed by atoms with Crippen LogP contribution >= 0.6 is 0 Å². The van der Waals surface area contributed by atoms with Gasteiger partial charge in [0, 0.05) is 11.1 Å². The number of morpholine rings is 1. The molecule has 8 heteroatoms. The van der Waals surface area contributed by atoms with Gasteiger partial charge in [0.25, 0.3) is 0 Å². The normalized spacial score (nSPS) is 15.8. The Hall–Kier alpha value is -2.42. The zero-order valence-corrected chi connectivity index (χ0v) is 17.4. The Morgan fingerprint density at radius 3 is 2.37 bits per heavy atom. The highest BCUT2D eigenvalue weighted by molar-refractivity contribution is 5.42. The second-order valence-corrected chi connectivity index (χ2v) is 7.19. The van der Waals surface area contributed by atoms with Crippen LogP contribution in [-0.2, 0) is 11.3 Å². The number of halogens is 2. The molecule has 2 aromatic carbocycles. The summed E-state index contributed by atoms with van der Waals surface area (Å²) < 4.78 is 45.8. The minimum absolute atomic E-state index is 0.0592. The number of ether oxygens (including phenoxy) is 4. The highest BCUT2D eigenvalue weighted by Gasteiger charge is 2.28. The molecular formula is C22H30F2N2O4+2. The molecule has 6 nitrogen and oxygen atoms in total. The van der Waals surface area contributed by atoms with Crippen LogP contribution in [0, 0.1) is 0 Å². The summed E-state index contributed by atoms with van der Waals surface area (Å²) in [6.07, 6.45) is 0. The van der Waals surface area contributed by atoms with Crippen molar-refractivity contribution in [3.05, 3.63) is 53.6 Å². The van der Waals surface area contributed by atoms with E-state index < -0.39 is 6.61 Å². The van der Waals surface area contributed by atoms with Gasteiger partial charge in [0.2, 0.25) is 0 Å². The molecule has 2 aromatic rings. The molecule has 1 fully saturated rings. The highest BCUT2D eigenvalue weighted by atomic mass is 19.3. The average molecular weight is 424 g/mol. The lowest BCUT2D eigenvalue weighted by Gasteiger charge is -2.31. The fourth-order valence-electron chi connectivity index (χ4n) is 3.81. The molecule has 0 saturated carbocycles. The van der Waals surface area contributed by atoms with Crippen molar-refractivity contribution in [3.63, 3.8) is 0 Å². The van der Waals surface area contributed by atoms with Gasteiger partial charge in [-0.3, -0.25) is 0 Å². The third-order valence-electron chi connectivity index (χ3n) is 5.37. The summed E-state index contributed by atoms with van der Waals surface area (Å²) in [5.74, 6) is 1.19. The van der Waals surface area contributed by atoms with Crippen LogP contribution in [0.4, 0.5) is 8.78 Å². The molecule has 0 spiro atoms. The molecule has 0 unspecified atom stereocenters. The summed E-state index contributed by atoms with van der Waals surface area (Å²) in [5.41, 5.74) is 2.15. The molecular weight excluding hydrogens is 394 g/mol. The molecule has 0 aliphatic carbocycles. The van der Waals surface area contributed by atoms with Crippen LogP contribution in [0.15, 0.2) is 42.5 Å². The Morgan fingerprint density at radius 2 is 1.73 bits per heavy atom. The average Bonchev–Trinajstić information content (AvgIpc) is 2.77. The van der Waals surface area contributed by atoms with Gasteiger partial charge in [0.05, 0.1) is 27.4 Å². The molecule has 1 aliphatic rings. The van der Waals surface area contributed by atoms with Gasteiger partial charge in [-0.15, -0.1) is 0 Å². The molecule has 0 radical (unpaired) electrons. The van der Waals surface area contributed by atoms with Crippen LogP contribution in [0.5, 0.6) is 17.2 Å². The quantitative estimate of drug-likeness (QED) is 0.598. The maximum absolute atomic E-state index is 12.7. The first kappa shape index (κ1) is 22.3. The van der Waals surface area contributed by atoms with Crippen molar-refractivity contribution in [1.29, 1.82) is 0 Å². The molecule has 0 amide bonds. The van der Waals surface area contributed by atoms with Crippen LogP contribution in [0.25, 0.3) is 0 Å². The molecule has 164 valence electrons.